The molecule has 0 saturated carbocycles. The minimum atomic E-state index is -0.788. The van der Waals surface area contributed by atoms with Gasteiger partial charge in [-0.15, -0.1) is 0 Å². The van der Waals surface area contributed by atoms with Gasteiger partial charge in [0.05, 0.1) is 25.1 Å². The van der Waals surface area contributed by atoms with Crippen LogP contribution in [0.25, 0.3) is 0 Å². The number of carbonyl (C=O) groups is 1. The molecule has 0 aliphatic rings. The zero-order chi connectivity index (χ0) is 15.1. The number of methoxy groups -OCH3 is 2. The molecule has 1 aromatic rings. The van der Waals surface area contributed by atoms with E-state index in [4.69, 9.17) is 14.6 Å². The fourth-order valence-corrected chi connectivity index (χ4v) is 2.38. The van der Waals surface area contributed by atoms with Crippen molar-refractivity contribution >= 4 is 21.9 Å². The van der Waals surface area contributed by atoms with E-state index in [1.165, 1.54) is 0 Å². The van der Waals surface area contributed by atoms with Crippen LogP contribution in [0.3, 0.4) is 0 Å². The van der Waals surface area contributed by atoms with Crippen LogP contribution >= 0.6 is 15.9 Å². The summed E-state index contributed by atoms with van der Waals surface area (Å²) in [6.07, 6.45) is 0.129. The lowest BCUT2D eigenvalue weighted by Crippen LogP contribution is -2.26. The smallest absolute Gasteiger partial charge is 0.304 e. The number of aliphatic carboxylic acids is 1. The number of halogens is 1. The summed E-state index contributed by atoms with van der Waals surface area (Å²) in [7, 11) is 3.23. The van der Waals surface area contributed by atoms with Crippen LogP contribution in [0.2, 0.25) is 0 Å². The second kappa shape index (κ2) is 8.11. The van der Waals surface area contributed by atoms with Gasteiger partial charge in [-0.05, 0) is 34.6 Å². The largest absolute Gasteiger partial charge is 0.496 e. The van der Waals surface area contributed by atoms with Crippen LogP contribution in [-0.2, 0) is 11.3 Å². The first kappa shape index (κ1) is 16.8. The van der Waals surface area contributed by atoms with Gasteiger partial charge in [-0.1, -0.05) is 6.92 Å². The van der Waals surface area contributed by atoms with E-state index in [1.807, 2.05) is 19.1 Å². The van der Waals surface area contributed by atoms with Gasteiger partial charge in [0.15, 0.2) is 0 Å². The van der Waals surface area contributed by atoms with Crippen LogP contribution in [0.5, 0.6) is 11.5 Å². The van der Waals surface area contributed by atoms with E-state index in [9.17, 15) is 4.79 Å². The highest BCUT2D eigenvalue weighted by Crippen LogP contribution is 2.33. The summed E-state index contributed by atoms with van der Waals surface area (Å²) >= 11 is 3.42. The highest BCUT2D eigenvalue weighted by molar-refractivity contribution is 9.10. The molecule has 1 aromatic carbocycles. The Kier molecular flexibility index (Phi) is 6.81. The summed E-state index contributed by atoms with van der Waals surface area (Å²) < 4.78 is 11.5. The maximum Gasteiger partial charge on any atom is 0.304 e. The van der Waals surface area contributed by atoms with Crippen molar-refractivity contribution in [3.63, 3.8) is 0 Å². The summed E-state index contributed by atoms with van der Waals surface area (Å²) in [5.41, 5.74) is 0.972. The summed E-state index contributed by atoms with van der Waals surface area (Å²) in [6.45, 7) is 3.91. The molecule has 1 rings (SSSR count). The van der Waals surface area contributed by atoms with Crippen LogP contribution < -0.4 is 9.47 Å². The Hall–Kier alpha value is -1.27. The normalized spacial score (nSPS) is 10.7. The molecular weight excluding hydrogens is 326 g/mol. The number of hydrogen-bond donors (Lipinski definition) is 1. The summed E-state index contributed by atoms with van der Waals surface area (Å²) in [5.74, 6) is 0.699. The third-order valence-corrected chi connectivity index (χ3v) is 3.66. The second-order valence-electron chi connectivity index (χ2n) is 4.31. The molecule has 20 heavy (non-hydrogen) atoms. The molecule has 0 aliphatic carbocycles. The van der Waals surface area contributed by atoms with Crippen molar-refractivity contribution in [1.29, 1.82) is 0 Å². The third kappa shape index (κ3) is 4.68. The quantitative estimate of drug-likeness (QED) is 0.784. The Morgan fingerprint density at radius 1 is 1.30 bits per heavy atom. The van der Waals surface area contributed by atoms with Crippen molar-refractivity contribution in [2.75, 3.05) is 27.3 Å². The molecule has 0 aliphatic heterocycles. The predicted octanol–water partition coefficient (Wildman–Crippen LogP) is 2.76. The summed E-state index contributed by atoms with van der Waals surface area (Å²) in [6, 6.07) is 3.77. The second-order valence-corrected chi connectivity index (χ2v) is 5.17. The van der Waals surface area contributed by atoms with Gasteiger partial charge >= 0.3 is 5.97 Å². The van der Waals surface area contributed by atoms with Crippen LogP contribution in [0.1, 0.15) is 18.9 Å². The van der Waals surface area contributed by atoms with E-state index < -0.39 is 5.97 Å². The molecule has 0 spiro atoms. The number of carboxylic acids is 1. The molecule has 0 saturated heterocycles. The lowest BCUT2D eigenvalue weighted by atomic mass is 10.1. The number of carboxylic acid groups (broad SMARTS) is 1. The van der Waals surface area contributed by atoms with Crippen molar-refractivity contribution in [3.8, 4) is 11.5 Å². The maximum atomic E-state index is 10.7. The van der Waals surface area contributed by atoms with Crippen LogP contribution in [0, 0.1) is 0 Å². The molecule has 6 heteroatoms. The standard InChI is InChI=1S/C14H20BrNO4/c1-4-16(6-5-14(17)18)9-10-7-13(20-3)11(15)8-12(10)19-2/h7-8H,4-6,9H2,1-3H3,(H,17,18). The zero-order valence-corrected chi connectivity index (χ0v) is 13.6. The van der Waals surface area contributed by atoms with E-state index in [-0.39, 0.29) is 6.42 Å². The van der Waals surface area contributed by atoms with Gasteiger partial charge in [0.25, 0.3) is 0 Å². The van der Waals surface area contributed by atoms with Crippen LogP contribution in [-0.4, -0.2) is 43.3 Å². The van der Waals surface area contributed by atoms with Gasteiger partial charge in [0.1, 0.15) is 11.5 Å². The lowest BCUT2D eigenvalue weighted by molar-refractivity contribution is -0.137. The average molecular weight is 346 g/mol. The maximum absolute atomic E-state index is 10.7. The molecule has 5 nitrogen and oxygen atoms in total. The number of hydrogen-bond acceptors (Lipinski definition) is 4. The van der Waals surface area contributed by atoms with Gasteiger partial charge in [-0.25, -0.2) is 0 Å². The Morgan fingerprint density at radius 2 is 1.95 bits per heavy atom. The zero-order valence-electron chi connectivity index (χ0n) is 12.0. The Balaban J connectivity index is 2.90. The Morgan fingerprint density at radius 3 is 2.45 bits per heavy atom. The highest BCUT2D eigenvalue weighted by Gasteiger charge is 2.13. The first-order chi connectivity index (χ1) is 9.51. The molecular formula is C14H20BrNO4. The number of benzene rings is 1. The molecule has 112 valence electrons. The molecule has 0 bridgehead atoms. The minimum absolute atomic E-state index is 0.129. The van der Waals surface area contributed by atoms with Crippen LogP contribution in [0.15, 0.2) is 16.6 Å². The molecule has 0 fully saturated rings. The lowest BCUT2D eigenvalue weighted by Gasteiger charge is -2.21. The van der Waals surface area contributed by atoms with E-state index in [0.29, 0.717) is 13.1 Å². The van der Waals surface area contributed by atoms with Gasteiger partial charge in [0, 0.05) is 18.7 Å². The number of rotatable bonds is 8. The molecule has 0 atom stereocenters. The highest BCUT2D eigenvalue weighted by atomic mass is 79.9. The van der Waals surface area contributed by atoms with Crippen molar-refractivity contribution in [2.45, 2.75) is 19.9 Å². The van der Waals surface area contributed by atoms with Crippen molar-refractivity contribution in [2.24, 2.45) is 0 Å². The number of nitrogens with zero attached hydrogens (tertiary/aromatic N) is 1. The fourth-order valence-electron chi connectivity index (χ4n) is 1.89. The first-order valence-electron chi connectivity index (χ1n) is 6.36. The Labute approximate surface area is 127 Å². The van der Waals surface area contributed by atoms with Gasteiger partial charge in [-0.3, -0.25) is 9.69 Å². The predicted molar refractivity (Wildman–Crippen MR) is 80.4 cm³/mol. The van der Waals surface area contributed by atoms with Crippen molar-refractivity contribution in [1.82, 2.24) is 4.90 Å². The Bertz CT molecular complexity index is 465. The average Bonchev–Trinajstić information content (AvgIpc) is 2.43. The van der Waals surface area contributed by atoms with Crippen molar-refractivity contribution < 1.29 is 19.4 Å². The van der Waals surface area contributed by atoms with Gasteiger partial charge in [0.2, 0.25) is 0 Å². The summed E-state index contributed by atoms with van der Waals surface area (Å²) in [5, 5.41) is 8.77. The summed E-state index contributed by atoms with van der Waals surface area (Å²) in [4.78, 5) is 12.7. The molecule has 0 radical (unpaired) electrons. The molecule has 1 N–H and O–H groups in total. The first-order valence-corrected chi connectivity index (χ1v) is 7.15. The van der Waals surface area contributed by atoms with E-state index in [2.05, 4.69) is 20.8 Å². The topological polar surface area (TPSA) is 59.0 Å². The minimum Gasteiger partial charge on any atom is -0.496 e. The molecule has 0 unspecified atom stereocenters. The van der Waals surface area contributed by atoms with E-state index >= 15 is 0 Å². The number of ether oxygens (including phenoxy) is 2. The van der Waals surface area contributed by atoms with Gasteiger partial charge in [-0.2, -0.15) is 0 Å². The SMILES string of the molecule is CCN(CCC(=O)O)Cc1cc(OC)c(Br)cc1OC. The molecule has 0 amide bonds. The third-order valence-electron chi connectivity index (χ3n) is 3.04. The van der Waals surface area contributed by atoms with Gasteiger partial charge < -0.3 is 14.6 Å². The molecule has 0 aromatic heterocycles. The van der Waals surface area contributed by atoms with E-state index in [1.54, 1.807) is 14.2 Å². The van der Waals surface area contributed by atoms with Crippen molar-refractivity contribution in [3.05, 3.63) is 22.2 Å². The monoisotopic (exact) mass is 345 g/mol. The fraction of sp³-hybridized carbons (Fsp3) is 0.500. The molecule has 0 heterocycles. The van der Waals surface area contributed by atoms with Crippen LogP contribution in [0.4, 0.5) is 0 Å². The van der Waals surface area contributed by atoms with E-state index in [0.717, 1.165) is 28.1 Å².